The third-order valence-corrected chi connectivity index (χ3v) is 7.74. The van der Waals surface area contributed by atoms with Crippen LogP contribution in [0.15, 0.2) is 18.3 Å². The van der Waals surface area contributed by atoms with Gasteiger partial charge in [-0.1, -0.05) is 0 Å². The zero-order valence-electron chi connectivity index (χ0n) is 16.8. The minimum atomic E-state index is -3.15. The quantitative estimate of drug-likeness (QED) is 0.779. The van der Waals surface area contributed by atoms with Gasteiger partial charge in [-0.25, -0.2) is 12.7 Å². The fraction of sp³-hybridized carbons (Fsp3) is 0.700. The van der Waals surface area contributed by atoms with Gasteiger partial charge in [0, 0.05) is 31.2 Å². The highest BCUT2D eigenvalue weighted by Crippen LogP contribution is 2.26. The largest absolute Gasteiger partial charge is 0.489 e. The van der Waals surface area contributed by atoms with E-state index < -0.39 is 10.0 Å². The fourth-order valence-electron chi connectivity index (χ4n) is 4.00. The van der Waals surface area contributed by atoms with E-state index in [1.807, 2.05) is 19.1 Å². The summed E-state index contributed by atoms with van der Waals surface area (Å²) in [5.74, 6) is 0.938. The van der Waals surface area contributed by atoms with Crippen molar-refractivity contribution in [1.29, 1.82) is 0 Å². The van der Waals surface area contributed by atoms with E-state index >= 15 is 0 Å². The van der Waals surface area contributed by atoms with Crippen LogP contribution in [0.5, 0.6) is 5.75 Å². The van der Waals surface area contributed by atoms with Gasteiger partial charge < -0.3 is 10.1 Å². The molecule has 2 fully saturated rings. The van der Waals surface area contributed by atoms with Crippen LogP contribution in [-0.4, -0.2) is 54.6 Å². The zero-order chi connectivity index (χ0) is 20.1. The van der Waals surface area contributed by atoms with Gasteiger partial charge in [0.05, 0.1) is 17.6 Å². The topological polar surface area (TPSA) is 88.6 Å². The van der Waals surface area contributed by atoms with E-state index in [0.29, 0.717) is 25.9 Å². The Morgan fingerprint density at radius 2 is 1.89 bits per heavy atom. The Balaban J connectivity index is 1.41. The molecule has 1 aromatic rings. The van der Waals surface area contributed by atoms with Crippen LogP contribution in [0.4, 0.5) is 0 Å². The molecule has 0 radical (unpaired) electrons. The number of nitrogens with one attached hydrogen (secondary N) is 1. The maximum absolute atomic E-state index is 12.6. The predicted molar refractivity (Wildman–Crippen MR) is 108 cm³/mol. The van der Waals surface area contributed by atoms with Gasteiger partial charge in [-0.3, -0.25) is 9.78 Å². The molecule has 8 heteroatoms. The molecule has 0 bridgehead atoms. The highest BCUT2D eigenvalue weighted by Gasteiger charge is 2.32. The lowest BCUT2D eigenvalue weighted by Gasteiger charge is -2.33. The predicted octanol–water partition coefficient (Wildman–Crippen LogP) is 2.26. The molecule has 1 aliphatic heterocycles. The van der Waals surface area contributed by atoms with Crippen LogP contribution in [-0.2, 0) is 14.8 Å². The Morgan fingerprint density at radius 3 is 2.50 bits per heavy atom. The molecule has 1 saturated heterocycles. The second kappa shape index (κ2) is 9.22. The Bertz CT molecular complexity index is 767. The number of nitrogens with zero attached hydrogens (tertiary/aromatic N) is 2. The number of carbonyl (C=O) groups excluding carboxylic acids is 1. The van der Waals surface area contributed by atoms with E-state index in [2.05, 4.69) is 10.3 Å². The molecule has 0 aromatic carbocycles. The average Bonchev–Trinajstić information content (AvgIpc) is 2.71. The maximum Gasteiger partial charge on any atom is 0.223 e. The number of hydrogen-bond acceptors (Lipinski definition) is 5. The molecule has 1 saturated carbocycles. The van der Waals surface area contributed by atoms with E-state index in [1.54, 1.807) is 13.1 Å². The van der Waals surface area contributed by atoms with Crippen LogP contribution < -0.4 is 10.1 Å². The molecule has 1 aliphatic carbocycles. The molecular formula is C20H31N3O4S. The van der Waals surface area contributed by atoms with Gasteiger partial charge in [-0.2, -0.15) is 0 Å². The standard InChI is InChI=1S/C20H31N3O4S/c1-3-28(25,26)23-13-10-16(11-14-23)20(24)22-17-6-8-18(9-7-17)27-19-5-4-12-21-15(19)2/h4-5,12,16-18H,3,6-11,13-14H2,1-2H3,(H,22,24). The highest BCUT2D eigenvalue weighted by atomic mass is 32.2. The molecule has 156 valence electrons. The van der Waals surface area contributed by atoms with E-state index in [4.69, 9.17) is 4.74 Å². The normalized spacial score (nSPS) is 24.6. The maximum atomic E-state index is 12.6. The van der Waals surface area contributed by atoms with Gasteiger partial charge in [-0.15, -0.1) is 0 Å². The monoisotopic (exact) mass is 409 g/mol. The summed E-state index contributed by atoms with van der Waals surface area (Å²) >= 11 is 0. The number of piperidine rings is 1. The molecule has 0 spiro atoms. The second-order valence-corrected chi connectivity index (χ2v) is 10.0. The molecule has 2 heterocycles. The van der Waals surface area contributed by atoms with Gasteiger partial charge in [0.2, 0.25) is 15.9 Å². The van der Waals surface area contributed by atoms with E-state index in [9.17, 15) is 13.2 Å². The minimum Gasteiger partial charge on any atom is -0.489 e. The number of sulfonamides is 1. The summed E-state index contributed by atoms with van der Waals surface area (Å²) in [5, 5.41) is 3.18. The number of aromatic nitrogens is 1. The van der Waals surface area contributed by atoms with Crippen LogP contribution in [0.25, 0.3) is 0 Å². The summed E-state index contributed by atoms with van der Waals surface area (Å²) < 4.78 is 31.5. The number of carbonyl (C=O) groups is 1. The van der Waals surface area contributed by atoms with Crippen LogP contribution in [0.1, 0.15) is 51.1 Å². The molecule has 1 amide bonds. The van der Waals surface area contributed by atoms with Crippen LogP contribution in [0, 0.1) is 12.8 Å². The lowest BCUT2D eigenvalue weighted by atomic mass is 9.91. The summed E-state index contributed by atoms with van der Waals surface area (Å²) in [6.45, 7) is 4.49. The highest BCUT2D eigenvalue weighted by molar-refractivity contribution is 7.89. The average molecular weight is 410 g/mol. The third-order valence-electron chi connectivity index (χ3n) is 5.86. The van der Waals surface area contributed by atoms with Gasteiger partial charge in [0.1, 0.15) is 5.75 Å². The molecule has 0 unspecified atom stereocenters. The summed E-state index contributed by atoms with van der Waals surface area (Å²) in [6, 6.07) is 4.01. The van der Waals surface area contributed by atoms with Crippen LogP contribution in [0.3, 0.4) is 0 Å². The van der Waals surface area contributed by atoms with E-state index in [1.165, 1.54) is 4.31 Å². The first kappa shape index (κ1) is 21.0. The summed E-state index contributed by atoms with van der Waals surface area (Å²) in [5.41, 5.74) is 0.898. The molecule has 7 nitrogen and oxygen atoms in total. The van der Waals surface area contributed by atoms with Crippen molar-refractivity contribution in [2.75, 3.05) is 18.8 Å². The van der Waals surface area contributed by atoms with Crippen molar-refractivity contribution in [3.8, 4) is 5.75 Å². The number of pyridine rings is 1. The van der Waals surface area contributed by atoms with Crippen molar-refractivity contribution in [3.05, 3.63) is 24.0 Å². The second-order valence-electron chi connectivity index (χ2n) is 7.76. The van der Waals surface area contributed by atoms with Crippen molar-refractivity contribution in [1.82, 2.24) is 14.6 Å². The van der Waals surface area contributed by atoms with Gasteiger partial charge in [0.15, 0.2) is 0 Å². The number of ether oxygens (including phenoxy) is 1. The Labute approximate surface area is 167 Å². The van der Waals surface area contributed by atoms with Crippen molar-refractivity contribution >= 4 is 15.9 Å². The lowest BCUT2D eigenvalue weighted by molar-refractivity contribution is -0.127. The first-order valence-corrected chi connectivity index (χ1v) is 11.9. The zero-order valence-corrected chi connectivity index (χ0v) is 17.6. The van der Waals surface area contributed by atoms with E-state index in [-0.39, 0.29) is 29.7 Å². The van der Waals surface area contributed by atoms with Crippen LogP contribution in [0.2, 0.25) is 0 Å². The molecule has 1 N–H and O–H groups in total. The van der Waals surface area contributed by atoms with Gasteiger partial charge in [0.25, 0.3) is 0 Å². The lowest BCUT2D eigenvalue weighted by Crippen LogP contribution is -2.46. The minimum absolute atomic E-state index is 0.0704. The molecular weight excluding hydrogens is 378 g/mol. The molecule has 1 aromatic heterocycles. The summed E-state index contributed by atoms with van der Waals surface area (Å²) in [6.07, 6.45) is 6.75. The molecule has 2 aliphatic rings. The number of aryl methyl sites for hydroxylation is 1. The fourth-order valence-corrected chi connectivity index (χ4v) is 5.13. The number of hydrogen-bond donors (Lipinski definition) is 1. The van der Waals surface area contributed by atoms with Crippen molar-refractivity contribution in [2.45, 2.75) is 64.5 Å². The van der Waals surface area contributed by atoms with Crippen LogP contribution >= 0.6 is 0 Å². The van der Waals surface area contributed by atoms with Crippen molar-refractivity contribution in [2.24, 2.45) is 5.92 Å². The summed E-state index contributed by atoms with van der Waals surface area (Å²) in [7, 11) is -3.15. The number of amides is 1. The molecule has 28 heavy (non-hydrogen) atoms. The first-order valence-electron chi connectivity index (χ1n) is 10.3. The Morgan fingerprint density at radius 1 is 1.21 bits per heavy atom. The molecule has 0 atom stereocenters. The van der Waals surface area contributed by atoms with Crippen molar-refractivity contribution in [3.63, 3.8) is 0 Å². The smallest absolute Gasteiger partial charge is 0.223 e. The SMILES string of the molecule is CCS(=O)(=O)N1CCC(C(=O)NC2CCC(Oc3cccnc3C)CC2)CC1. The van der Waals surface area contributed by atoms with E-state index in [0.717, 1.165) is 37.1 Å². The van der Waals surface area contributed by atoms with Gasteiger partial charge >= 0.3 is 0 Å². The van der Waals surface area contributed by atoms with Crippen molar-refractivity contribution < 1.29 is 17.9 Å². The third kappa shape index (κ3) is 5.23. The number of rotatable bonds is 6. The first-order chi connectivity index (χ1) is 13.4. The van der Waals surface area contributed by atoms with Gasteiger partial charge in [-0.05, 0) is 64.5 Å². The molecule has 3 rings (SSSR count). The summed E-state index contributed by atoms with van der Waals surface area (Å²) in [4.78, 5) is 16.8. The Hall–Kier alpha value is -1.67. The Kier molecular flexibility index (Phi) is 6.93.